The zero-order valence-electron chi connectivity index (χ0n) is 18.3. The van der Waals surface area contributed by atoms with E-state index in [1.165, 1.54) is 7.11 Å². The summed E-state index contributed by atoms with van der Waals surface area (Å²) in [5, 5.41) is 5.34. The SMILES string of the molecule is COC(=O)[C@H](NC(=O)[C@@H](CCCN=C(N)N)NC(=O)C(N)Cc1ccccc1)C(C)C. The van der Waals surface area contributed by atoms with Crippen molar-refractivity contribution in [2.24, 2.45) is 28.1 Å². The van der Waals surface area contributed by atoms with Gasteiger partial charge in [0, 0.05) is 6.54 Å². The van der Waals surface area contributed by atoms with Crippen molar-refractivity contribution in [3.8, 4) is 0 Å². The number of nitrogens with zero attached hydrogens (tertiary/aromatic N) is 1. The summed E-state index contributed by atoms with van der Waals surface area (Å²) < 4.78 is 4.76. The van der Waals surface area contributed by atoms with Gasteiger partial charge in [0.05, 0.1) is 13.2 Å². The first kappa shape index (κ1) is 25.9. The largest absolute Gasteiger partial charge is 0.467 e. The standard InChI is InChI=1S/C21H34N6O4/c1-13(2)17(20(30)31-3)27-19(29)16(10-7-11-25-21(23)24)26-18(28)15(22)12-14-8-5-4-6-9-14/h4-6,8-9,13,15-17H,7,10-12,22H2,1-3H3,(H,26,28)(H,27,29)(H4,23,24,25)/t15?,16-,17-/m1/s1. The summed E-state index contributed by atoms with van der Waals surface area (Å²) in [4.78, 5) is 41.4. The number of nitrogens with one attached hydrogen (secondary N) is 2. The summed E-state index contributed by atoms with van der Waals surface area (Å²) in [7, 11) is 1.25. The van der Waals surface area contributed by atoms with Crippen LogP contribution in [0, 0.1) is 5.92 Å². The predicted octanol–water partition coefficient (Wildman–Crippen LogP) is -0.591. The van der Waals surface area contributed by atoms with Gasteiger partial charge in [-0.2, -0.15) is 0 Å². The predicted molar refractivity (Wildman–Crippen MR) is 119 cm³/mol. The lowest BCUT2D eigenvalue weighted by Gasteiger charge is -2.25. The first-order valence-electron chi connectivity index (χ1n) is 10.2. The number of ether oxygens (including phenoxy) is 1. The fraction of sp³-hybridized carbons (Fsp3) is 0.524. The number of aliphatic imine (C=N–C) groups is 1. The Morgan fingerprint density at radius 1 is 1.06 bits per heavy atom. The van der Waals surface area contributed by atoms with E-state index >= 15 is 0 Å². The molecule has 0 radical (unpaired) electrons. The molecule has 0 spiro atoms. The Kier molecular flexibility index (Phi) is 11.0. The summed E-state index contributed by atoms with van der Waals surface area (Å²) in [6.45, 7) is 3.86. The minimum absolute atomic E-state index is 0.0551. The van der Waals surface area contributed by atoms with E-state index in [0.717, 1.165) is 5.56 Å². The van der Waals surface area contributed by atoms with Gasteiger partial charge in [-0.05, 0) is 30.7 Å². The monoisotopic (exact) mass is 434 g/mol. The van der Waals surface area contributed by atoms with Crippen LogP contribution in [0.25, 0.3) is 0 Å². The molecule has 0 fully saturated rings. The molecule has 1 rings (SSSR count). The van der Waals surface area contributed by atoms with Crippen LogP contribution >= 0.6 is 0 Å². The number of guanidine groups is 1. The van der Waals surface area contributed by atoms with Gasteiger partial charge in [0.15, 0.2) is 5.96 Å². The van der Waals surface area contributed by atoms with Gasteiger partial charge in [0.25, 0.3) is 0 Å². The molecule has 0 heterocycles. The van der Waals surface area contributed by atoms with Crippen LogP contribution in [0.3, 0.4) is 0 Å². The van der Waals surface area contributed by atoms with Crippen molar-refractivity contribution >= 4 is 23.7 Å². The number of nitrogens with two attached hydrogens (primary N) is 3. The Hall–Kier alpha value is -3.14. The molecular formula is C21H34N6O4. The molecule has 8 N–H and O–H groups in total. The Bertz CT molecular complexity index is 749. The number of benzene rings is 1. The zero-order valence-corrected chi connectivity index (χ0v) is 18.3. The highest BCUT2D eigenvalue weighted by Gasteiger charge is 2.30. The van der Waals surface area contributed by atoms with Crippen molar-refractivity contribution in [3.05, 3.63) is 35.9 Å². The highest BCUT2D eigenvalue weighted by Crippen LogP contribution is 2.07. The van der Waals surface area contributed by atoms with Crippen LogP contribution in [0.15, 0.2) is 35.3 Å². The lowest BCUT2D eigenvalue weighted by atomic mass is 10.0. The summed E-state index contributed by atoms with van der Waals surface area (Å²) in [5.74, 6) is -1.79. The molecule has 0 aliphatic heterocycles. The number of carbonyl (C=O) groups is 3. The van der Waals surface area contributed by atoms with Crippen LogP contribution in [0.5, 0.6) is 0 Å². The van der Waals surface area contributed by atoms with E-state index in [1.807, 2.05) is 30.3 Å². The topological polar surface area (TPSA) is 175 Å². The number of esters is 1. The average molecular weight is 435 g/mol. The quantitative estimate of drug-likeness (QED) is 0.126. The van der Waals surface area contributed by atoms with Crippen LogP contribution in [0.1, 0.15) is 32.3 Å². The van der Waals surface area contributed by atoms with Crippen molar-refractivity contribution in [3.63, 3.8) is 0 Å². The molecule has 3 atom stereocenters. The first-order chi connectivity index (χ1) is 14.6. The second-order valence-corrected chi connectivity index (χ2v) is 7.56. The maximum Gasteiger partial charge on any atom is 0.328 e. The Morgan fingerprint density at radius 3 is 2.26 bits per heavy atom. The van der Waals surface area contributed by atoms with Gasteiger partial charge in [-0.25, -0.2) is 4.79 Å². The third kappa shape index (κ3) is 9.47. The number of hydrogen-bond donors (Lipinski definition) is 5. The summed E-state index contributed by atoms with van der Waals surface area (Å²) in [6.07, 6.45) is 1.03. The number of hydrogen-bond acceptors (Lipinski definition) is 6. The molecule has 1 unspecified atom stereocenters. The summed E-state index contributed by atoms with van der Waals surface area (Å²) in [6, 6.07) is 6.75. The van der Waals surface area contributed by atoms with Crippen LogP contribution < -0.4 is 27.8 Å². The van der Waals surface area contributed by atoms with Gasteiger partial charge in [-0.3, -0.25) is 14.6 Å². The second kappa shape index (κ2) is 13.2. The normalized spacial score (nSPS) is 13.6. The zero-order chi connectivity index (χ0) is 23.4. The van der Waals surface area contributed by atoms with Crippen LogP contribution in [-0.4, -0.2) is 55.5 Å². The van der Waals surface area contributed by atoms with Crippen LogP contribution in [0.4, 0.5) is 0 Å². The van der Waals surface area contributed by atoms with Gasteiger partial charge < -0.3 is 32.6 Å². The molecule has 0 saturated heterocycles. The van der Waals surface area contributed by atoms with Gasteiger partial charge in [-0.15, -0.1) is 0 Å². The van der Waals surface area contributed by atoms with Crippen LogP contribution in [0.2, 0.25) is 0 Å². The van der Waals surface area contributed by atoms with Crippen molar-refractivity contribution in [2.45, 2.75) is 51.2 Å². The Labute approximate surface area is 183 Å². The van der Waals surface area contributed by atoms with E-state index in [-0.39, 0.29) is 18.3 Å². The minimum Gasteiger partial charge on any atom is -0.467 e. The van der Waals surface area contributed by atoms with E-state index < -0.39 is 35.9 Å². The number of rotatable bonds is 12. The van der Waals surface area contributed by atoms with E-state index in [2.05, 4.69) is 15.6 Å². The maximum absolute atomic E-state index is 12.9. The van der Waals surface area contributed by atoms with E-state index in [4.69, 9.17) is 21.9 Å². The lowest BCUT2D eigenvalue weighted by molar-refractivity contribution is -0.146. The van der Waals surface area contributed by atoms with Gasteiger partial charge in [-0.1, -0.05) is 44.2 Å². The number of amides is 2. The molecule has 0 bridgehead atoms. The molecule has 1 aromatic rings. The fourth-order valence-corrected chi connectivity index (χ4v) is 2.89. The van der Waals surface area contributed by atoms with E-state index in [1.54, 1.807) is 13.8 Å². The first-order valence-corrected chi connectivity index (χ1v) is 10.2. The number of carbonyl (C=O) groups excluding carboxylic acids is 3. The van der Waals surface area contributed by atoms with Gasteiger partial charge >= 0.3 is 5.97 Å². The Balaban J connectivity index is 2.85. The number of methoxy groups -OCH3 is 1. The lowest BCUT2D eigenvalue weighted by Crippen LogP contribution is -2.55. The van der Waals surface area contributed by atoms with Crippen molar-refractivity contribution < 1.29 is 19.1 Å². The molecule has 0 aliphatic rings. The highest BCUT2D eigenvalue weighted by atomic mass is 16.5. The third-order valence-electron chi connectivity index (χ3n) is 4.63. The van der Waals surface area contributed by atoms with Gasteiger partial charge in [0.2, 0.25) is 11.8 Å². The van der Waals surface area contributed by atoms with Crippen molar-refractivity contribution in [2.75, 3.05) is 13.7 Å². The molecule has 172 valence electrons. The molecule has 10 heteroatoms. The van der Waals surface area contributed by atoms with E-state index in [9.17, 15) is 14.4 Å². The molecule has 0 aromatic heterocycles. The molecule has 1 aromatic carbocycles. The molecule has 10 nitrogen and oxygen atoms in total. The molecule has 0 saturated carbocycles. The smallest absolute Gasteiger partial charge is 0.328 e. The molecule has 0 aliphatic carbocycles. The summed E-state index contributed by atoms with van der Waals surface area (Å²) in [5.41, 5.74) is 17.6. The highest BCUT2D eigenvalue weighted by molar-refractivity contribution is 5.92. The van der Waals surface area contributed by atoms with Crippen molar-refractivity contribution in [1.29, 1.82) is 0 Å². The average Bonchev–Trinajstić information content (AvgIpc) is 2.73. The van der Waals surface area contributed by atoms with E-state index in [0.29, 0.717) is 19.4 Å². The Morgan fingerprint density at radius 2 is 1.71 bits per heavy atom. The molecule has 31 heavy (non-hydrogen) atoms. The third-order valence-corrected chi connectivity index (χ3v) is 4.63. The maximum atomic E-state index is 12.9. The van der Waals surface area contributed by atoms with Gasteiger partial charge in [0.1, 0.15) is 12.1 Å². The summed E-state index contributed by atoms with van der Waals surface area (Å²) >= 11 is 0. The molecular weight excluding hydrogens is 400 g/mol. The van der Waals surface area contributed by atoms with Crippen LogP contribution in [-0.2, 0) is 25.5 Å². The molecule has 2 amide bonds. The fourth-order valence-electron chi connectivity index (χ4n) is 2.89. The van der Waals surface area contributed by atoms with Crippen molar-refractivity contribution in [1.82, 2.24) is 10.6 Å². The minimum atomic E-state index is -0.908. The second-order valence-electron chi connectivity index (χ2n) is 7.56.